The summed E-state index contributed by atoms with van der Waals surface area (Å²) in [5.74, 6) is -0.853. The highest BCUT2D eigenvalue weighted by Gasteiger charge is 2.26. The molecule has 0 aliphatic heterocycles. The molecule has 9 nitrogen and oxygen atoms in total. The smallest absolute Gasteiger partial charge is 0.462 e. The van der Waals surface area contributed by atoms with Gasteiger partial charge in [-0.3, -0.25) is 18.6 Å². The van der Waals surface area contributed by atoms with E-state index in [0.29, 0.717) is 6.42 Å². The lowest BCUT2D eigenvalue weighted by molar-refractivity contribution is -0.161. The number of nitrogens with two attached hydrogens (primary N) is 1. The van der Waals surface area contributed by atoms with Crippen LogP contribution in [0.1, 0.15) is 335 Å². The highest BCUT2D eigenvalue weighted by molar-refractivity contribution is 7.47. The summed E-state index contributed by atoms with van der Waals surface area (Å²) in [5.41, 5.74) is 5.40. The number of hydrogen-bond acceptors (Lipinski definition) is 8. The Hall–Kier alpha value is -3.85. The first kappa shape index (κ1) is 87.2. The van der Waals surface area contributed by atoms with Crippen molar-refractivity contribution in [1.82, 2.24) is 0 Å². The van der Waals surface area contributed by atoms with Crippen LogP contribution >= 0.6 is 7.82 Å². The van der Waals surface area contributed by atoms with E-state index in [2.05, 4.69) is 148 Å². The summed E-state index contributed by atoms with van der Waals surface area (Å²) in [6.45, 7) is 3.61. The van der Waals surface area contributed by atoms with E-state index >= 15 is 0 Å². The van der Waals surface area contributed by atoms with E-state index in [4.69, 9.17) is 24.3 Å². The Kier molecular flexibility index (Phi) is 72.0. The lowest BCUT2D eigenvalue weighted by Crippen LogP contribution is -2.29. The van der Waals surface area contributed by atoms with Crippen molar-refractivity contribution in [2.75, 3.05) is 26.4 Å². The SMILES string of the molecule is CC/C=C\C/C=C\C/C=C\C/C=C\C/C=C\C/C=C\C/C=C\C/C=C\CCCCCCC(=O)OC(COC(=O)CCCCCCCCCCCCCCCCCCCCCCCCCCCC/C=C\C/C=C\C/C=C\CCCCCCC)COP(=O)(O)OCCN. The molecular formula is C81H140NO8P. The van der Waals surface area contributed by atoms with Crippen LogP contribution in [0.5, 0.6) is 0 Å². The Morgan fingerprint density at radius 2 is 0.604 bits per heavy atom. The zero-order valence-electron chi connectivity index (χ0n) is 58.8. The van der Waals surface area contributed by atoms with Crippen LogP contribution in [0, 0.1) is 0 Å². The number of allylic oxidation sites excluding steroid dienone is 22. The number of phosphoric ester groups is 1. The van der Waals surface area contributed by atoms with Gasteiger partial charge in [-0.2, -0.15) is 0 Å². The molecule has 0 saturated carbocycles. The molecule has 0 spiro atoms. The van der Waals surface area contributed by atoms with Gasteiger partial charge in [-0.1, -0.05) is 340 Å². The summed E-state index contributed by atoms with van der Waals surface area (Å²) in [6.07, 6.45) is 107. The fraction of sp³-hybridized carbons (Fsp3) is 0.704. The van der Waals surface area contributed by atoms with Crippen LogP contribution in [0.25, 0.3) is 0 Å². The summed E-state index contributed by atoms with van der Waals surface area (Å²) < 4.78 is 33.2. The van der Waals surface area contributed by atoms with E-state index in [1.54, 1.807) is 0 Å². The van der Waals surface area contributed by atoms with Crippen molar-refractivity contribution >= 4 is 19.8 Å². The van der Waals surface area contributed by atoms with E-state index in [1.165, 1.54) is 193 Å². The summed E-state index contributed by atoms with van der Waals surface area (Å²) in [4.78, 5) is 35.4. The Morgan fingerprint density at radius 1 is 0.341 bits per heavy atom. The minimum absolute atomic E-state index is 0.0437. The van der Waals surface area contributed by atoms with E-state index < -0.39 is 26.5 Å². The molecule has 0 aliphatic rings. The summed E-state index contributed by atoms with van der Waals surface area (Å²) in [6, 6.07) is 0. The molecule has 0 bridgehead atoms. The monoisotopic (exact) mass is 1290 g/mol. The quantitative estimate of drug-likeness (QED) is 0.0264. The molecule has 3 N–H and O–H groups in total. The van der Waals surface area contributed by atoms with Gasteiger partial charge in [-0.05, 0) is 116 Å². The topological polar surface area (TPSA) is 134 Å². The van der Waals surface area contributed by atoms with Gasteiger partial charge < -0.3 is 20.1 Å². The lowest BCUT2D eigenvalue weighted by atomic mass is 10.0. The number of unbranched alkanes of at least 4 members (excludes halogenated alkanes) is 35. The van der Waals surface area contributed by atoms with Crippen LogP contribution in [0.3, 0.4) is 0 Å². The molecule has 0 fully saturated rings. The van der Waals surface area contributed by atoms with Gasteiger partial charge in [0.05, 0.1) is 13.2 Å². The fourth-order valence-electron chi connectivity index (χ4n) is 10.5. The highest BCUT2D eigenvalue weighted by Crippen LogP contribution is 2.43. The van der Waals surface area contributed by atoms with Crippen LogP contribution < -0.4 is 5.73 Å². The number of ether oxygens (including phenoxy) is 2. The molecule has 0 aromatic heterocycles. The zero-order chi connectivity index (χ0) is 65.8. The van der Waals surface area contributed by atoms with Crippen molar-refractivity contribution in [3.63, 3.8) is 0 Å². The number of carbonyl (C=O) groups is 2. The van der Waals surface area contributed by atoms with Crippen molar-refractivity contribution in [2.45, 2.75) is 341 Å². The minimum atomic E-state index is -4.41. The van der Waals surface area contributed by atoms with Gasteiger partial charge in [0, 0.05) is 19.4 Å². The third-order valence-electron chi connectivity index (χ3n) is 16.0. The Labute approximate surface area is 561 Å². The second-order valence-electron chi connectivity index (χ2n) is 24.8. The van der Waals surface area contributed by atoms with Gasteiger partial charge in [0.15, 0.2) is 6.10 Å². The molecule has 0 saturated heterocycles. The molecular weight excluding hydrogens is 1150 g/mol. The molecule has 0 amide bonds. The van der Waals surface area contributed by atoms with Gasteiger partial charge in [0.1, 0.15) is 6.61 Å². The van der Waals surface area contributed by atoms with E-state index in [1.807, 2.05) is 0 Å². The Bertz CT molecular complexity index is 1960. The molecule has 91 heavy (non-hydrogen) atoms. The van der Waals surface area contributed by atoms with E-state index in [9.17, 15) is 19.0 Å². The van der Waals surface area contributed by atoms with Crippen LogP contribution in [-0.2, 0) is 32.7 Å². The highest BCUT2D eigenvalue weighted by atomic mass is 31.2. The summed E-state index contributed by atoms with van der Waals surface area (Å²) in [5, 5.41) is 0. The number of hydrogen-bond donors (Lipinski definition) is 2. The molecule has 0 aliphatic carbocycles. The zero-order valence-corrected chi connectivity index (χ0v) is 59.7. The third-order valence-corrected chi connectivity index (χ3v) is 17.0. The van der Waals surface area contributed by atoms with E-state index in [-0.39, 0.29) is 38.6 Å². The molecule has 0 aromatic carbocycles. The minimum Gasteiger partial charge on any atom is -0.462 e. The van der Waals surface area contributed by atoms with Crippen molar-refractivity contribution in [1.29, 1.82) is 0 Å². The summed E-state index contributed by atoms with van der Waals surface area (Å²) in [7, 11) is -4.41. The van der Waals surface area contributed by atoms with Crippen LogP contribution in [0.4, 0.5) is 0 Å². The lowest BCUT2D eigenvalue weighted by Gasteiger charge is -2.19. The molecule has 522 valence electrons. The standard InChI is InChI=1S/C81H140NO8P/c1-3-5-7-9-11-13-15-17-19-21-23-25-27-29-31-33-34-35-36-37-38-39-40-41-42-43-44-46-47-49-51-53-55-57-59-61-63-65-67-69-71-73-80(83)87-77-79(78-89-91(85,86)88-76-75-82)90-81(84)74-72-70-68-66-64-62-60-58-56-54-52-50-48-45-32-30-28-26-24-22-20-18-16-14-12-10-8-6-4-2/h6,8,12,14-15,17-18,20-21,23-24,26-27,29-30,32,48,50,54,56,60,62,79H,3-5,7,9-11,13,16,19,22,25,28,31,33-47,49,51-53,55,57-59,61,63-78,82H2,1-2H3,(H,85,86)/b8-6-,14-12-,17-15-,20-18-,23-21-,26-24-,29-27-,32-30-,50-48-,56-54-,62-60-. The third kappa shape index (κ3) is 75.1. The van der Waals surface area contributed by atoms with Crippen LogP contribution in [-0.4, -0.2) is 49.3 Å². The molecule has 0 radical (unpaired) electrons. The Balaban J connectivity index is 3.86. The second kappa shape index (κ2) is 75.2. The second-order valence-corrected chi connectivity index (χ2v) is 26.2. The van der Waals surface area contributed by atoms with Crippen molar-refractivity contribution in [2.24, 2.45) is 5.73 Å². The van der Waals surface area contributed by atoms with Crippen molar-refractivity contribution < 1.29 is 37.6 Å². The maximum Gasteiger partial charge on any atom is 0.472 e. The number of phosphoric acid groups is 1. The molecule has 2 unspecified atom stereocenters. The number of esters is 2. The van der Waals surface area contributed by atoms with Crippen molar-refractivity contribution in [3.05, 3.63) is 134 Å². The first-order valence-electron chi connectivity index (χ1n) is 37.7. The fourth-order valence-corrected chi connectivity index (χ4v) is 11.3. The van der Waals surface area contributed by atoms with Gasteiger partial charge in [0.2, 0.25) is 0 Å². The van der Waals surface area contributed by atoms with Gasteiger partial charge in [-0.25, -0.2) is 4.57 Å². The molecule has 0 heterocycles. The maximum absolute atomic E-state index is 12.8. The number of carbonyl (C=O) groups excluding carboxylic acids is 2. The van der Waals surface area contributed by atoms with Crippen molar-refractivity contribution in [3.8, 4) is 0 Å². The van der Waals surface area contributed by atoms with Crippen LogP contribution in [0.15, 0.2) is 134 Å². The Morgan fingerprint density at radius 3 is 0.901 bits per heavy atom. The predicted octanol–water partition coefficient (Wildman–Crippen LogP) is 25.2. The average molecular weight is 1290 g/mol. The van der Waals surface area contributed by atoms with E-state index in [0.717, 1.165) is 109 Å². The van der Waals surface area contributed by atoms with Gasteiger partial charge >= 0.3 is 19.8 Å². The van der Waals surface area contributed by atoms with Gasteiger partial charge in [-0.15, -0.1) is 0 Å². The molecule has 2 atom stereocenters. The average Bonchev–Trinajstić information content (AvgIpc) is 3.68. The van der Waals surface area contributed by atoms with Crippen LogP contribution in [0.2, 0.25) is 0 Å². The van der Waals surface area contributed by atoms with Gasteiger partial charge in [0.25, 0.3) is 0 Å². The molecule has 0 aromatic rings. The maximum atomic E-state index is 12.8. The largest absolute Gasteiger partial charge is 0.472 e. The number of rotatable bonds is 70. The normalized spacial score (nSPS) is 13.7. The molecule has 0 rings (SSSR count). The first-order chi connectivity index (χ1) is 44.8. The first-order valence-corrected chi connectivity index (χ1v) is 39.2. The summed E-state index contributed by atoms with van der Waals surface area (Å²) >= 11 is 0. The predicted molar refractivity (Wildman–Crippen MR) is 394 cm³/mol. The molecule has 10 heteroatoms.